The lowest BCUT2D eigenvalue weighted by atomic mass is 10.1. The minimum atomic E-state index is -0.510. The Balaban J connectivity index is 1.82. The second-order valence-electron chi connectivity index (χ2n) is 5.88. The zero-order chi connectivity index (χ0) is 17.6. The Kier molecular flexibility index (Phi) is 3.39. The van der Waals surface area contributed by atoms with Crippen LogP contribution < -0.4 is 10.9 Å². The maximum absolute atomic E-state index is 12.7. The van der Waals surface area contributed by atoms with Crippen molar-refractivity contribution in [2.24, 2.45) is 0 Å². The molecule has 0 fully saturated rings. The highest BCUT2D eigenvalue weighted by molar-refractivity contribution is 6.04. The molecule has 0 atom stereocenters. The molecule has 1 amide bonds. The van der Waals surface area contributed by atoms with Crippen LogP contribution in [0.5, 0.6) is 0 Å². The molecule has 4 rings (SSSR count). The normalized spacial score (nSPS) is 11.1. The molecule has 6 heteroatoms. The van der Waals surface area contributed by atoms with Crippen LogP contribution in [0.15, 0.2) is 57.7 Å². The maximum atomic E-state index is 12.7. The number of anilines is 1. The molecular formula is C19H15N3O3. The van der Waals surface area contributed by atoms with Crippen molar-refractivity contribution >= 4 is 33.6 Å². The fourth-order valence-electron chi connectivity index (χ4n) is 3.07. The Hall–Kier alpha value is -3.41. The number of aromatic nitrogens is 2. The van der Waals surface area contributed by atoms with Crippen molar-refractivity contribution in [1.82, 2.24) is 9.78 Å². The Labute approximate surface area is 142 Å². The monoisotopic (exact) mass is 333 g/mol. The SMILES string of the molecule is Cc1cc(=O)oc2c1c(C)nn2C(=O)Nc1cccc2ccccc12. The fourth-order valence-corrected chi connectivity index (χ4v) is 3.07. The summed E-state index contributed by atoms with van der Waals surface area (Å²) < 4.78 is 6.32. The number of benzene rings is 2. The molecule has 124 valence electrons. The highest BCUT2D eigenvalue weighted by Gasteiger charge is 2.18. The van der Waals surface area contributed by atoms with Crippen LogP contribution >= 0.6 is 0 Å². The summed E-state index contributed by atoms with van der Waals surface area (Å²) in [7, 11) is 0. The van der Waals surface area contributed by atoms with Crippen LogP contribution in [0.2, 0.25) is 0 Å². The molecule has 25 heavy (non-hydrogen) atoms. The van der Waals surface area contributed by atoms with E-state index in [0.29, 0.717) is 16.8 Å². The smallest absolute Gasteiger partial charge is 0.349 e. The number of rotatable bonds is 1. The van der Waals surface area contributed by atoms with Crippen molar-refractivity contribution < 1.29 is 9.21 Å². The van der Waals surface area contributed by atoms with Gasteiger partial charge in [0, 0.05) is 11.5 Å². The number of nitrogens with zero attached hydrogens (tertiary/aromatic N) is 2. The topological polar surface area (TPSA) is 77.1 Å². The van der Waals surface area contributed by atoms with E-state index in [1.54, 1.807) is 13.8 Å². The van der Waals surface area contributed by atoms with Crippen molar-refractivity contribution in [2.45, 2.75) is 13.8 Å². The highest BCUT2D eigenvalue weighted by atomic mass is 16.4. The first kappa shape index (κ1) is 15.1. The molecule has 2 heterocycles. The summed E-state index contributed by atoms with van der Waals surface area (Å²) in [6, 6.07) is 14.3. The Morgan fingerprint density at radius 1 is 1.12 bits per heavy atom. The van der Waals surface area contributed by atoms with E-state index in [2.05, 4.69) is 10.4 Å². The van der Waals surface area contributed by atoms with Gasteiger partial charge < -0.3 is 9.73 Å². The van der Waals surface area contributed by atoms with Gasteiger partial charge in [0.15, 0.2) is 0 Å². The summed E-state index contributed by atoms with van der Waals surface area (Å²) in [4.78, 5) is 24.4. The molecule has 2 aromatic heterocycles. The van der Waals surface area contributed by atoms with Gasteiger partial charge in [-0.05, 0) is 30.9 Å². The number of amides is 1. The summed E-state index contributed by atoms with van der Waals surface area (Å²) in [5.41, 5.74) is 1.67. The number of fused-ring (bicyclic) bond motifs is 2. The van der Waals surface area contributed by atoms with Crippen LogP contribution in [0.1, 0.15) is 11.3 Å². The largest absolute Gasteiger partial charge is 0.403 e. The van der Waals surface area contributed by atoms with Gasteiger partial charge in [-0.3, -0.25) is 0 Å². The summed E-state index contributed by atoms with van der Waals surface area (Å²) in [6.45, 7) is 3.57. The second kappa shape index (κ2) is 5.59. The molecule has 0 aliphatic heterocycles. The minimum absolute atomic E-state index is 0.153. The van der Waals surface area contributed by atoms with Crippen LogP contribution in [-0.2, 0) is 0 Å². The van der Waals surface area contributed by atoms with E-state index >= 15 is 0 Å². The van der Waals surface area contributed by atoms with E-state index in [4.69, 9.17) is 4.42 Å². The molecular weight excluding hydrogens is 318 g/mol. The van der Waals surface area contributed by atoms with Crippen LogP contribution in [0.25, 0.3) is 21.9 Å². The van der Waals surface area contributed by atoms with E-state index in [0.717, 1.165) is 21.0 Å². The molecule has 0 bridgehead atoms. The maximum Gasteiger partial charge on any atom is 0.349 e. The summed E-state index contributed by atoms with van der Waals surface area (Å²) in [5, 5.41) is 9.70. The second-order valence-corrected chi connectivity index (χ2v) is 5.88. The average Bonchev–Trinajstić information content (AvgIpc) is 2.92. The number of aryl methyl sites for hydroxylation is 2. The summed E-state index contributed by atoms with van der Waals surface area (Å²) in [6.07, 6.45) is 0. The van der Waals surface area contributed by atoms with E-state index in [9.17, 15) is 9.59 Å². The molecule has 0 spiro atoms. The van der Waals surface area contributed by atoms with Crippen molar-refractivity contribution in [3.63, 3.8) is 0 Å². The summed E-state index contributed by atoms with van der Waals surface area (Å²) in [5.74, 6) is 0. The predicted molar refractivity (Wildman–Crippen MR) is 96.1 cm³/mol. The minimum Gasteiger partial charge on any atom is -0.403 e. The Morgan fingerprint density at radius 2 is 1.88 bits per heavy atom. The van der Waals surface area contributed by atoms with E-state index in [1.807, 2.05) is 42.5 Å². The summed E-state index contributed by atoms with van der Waals surface area (Å²) >= 11 is 0. The number of hydrogen-bond donors (Lipinski definition) is 1. The van der Waals surface area contributed by atoms with E-state index in [1.165, 1.54) is 6.07 Å². The lowest BCUT2D eigenvalue weighted by Gasteiger charge is -2.08. The Morgan fingerprint density at radius 3 is 2.72 bits per heavy atom. The predicted octanol–water partition coefficient (Wildman–Crippen LogP) is 3.84. The fraction of sp³-hybridized carbons (Fsp3) is 0.105. The van der Waals surface area contributed by atoms with Gasteiger partial charge in [0.05, 0.1) is 16.8 Å². The number of nitrogens with one attached hydrogen (secondary N) is 1. The molecule has 0 aliphatic carbocycles. The van der Waals surface area contributed by atoms with Gasteiger partial charge in [0.1, 0.15) is 0 Å². The first-order valence-corrected chi connectivity index (χ1v) is 7.84. The van der Waals surface area contributed by atoms with Gasteiger partial charge in [0.25, 0.3) is 0 Å². The number of hydrogen-bond acceptors (Lipinski definition) is 4. The molecule has 4 aromatic rings. The third-order valence-corrected chi connectivity index (χ3v) is 4.17. The van der Waals surface area contributed by atoms with Gasteiger partial charge >= 0.3 is 11.7 Å². The van der Waals surface area contributed by atoms with Gasteiger partial charge in [-0.15, -0.1) is 4.68 Å². The van der Waals surface area contributed by atoms with Gasteiger partial charge in [-0.2, -0.15) is 5.10 Å². The molecule has 0 unspecified atom stereocenters. The molecule has 2 aromatic carbocycles. The van der Waals surface area contributed by atoms with E-state index in [-0.39, 0.29) is 5.71 Å². The van der Waals surface area contributed by atoms with Crippen LogP contribution in [0.3, 0.4) is 0 Å². The first-order chi connectivity index (χ1) is 12.0. The molecule has 0 saturated heterocycles. The van der Waals surface area contributed by atoms with Crippen molar-refractivity contribution in [2.75, 3.05) is 5.32 Å². The van der Waals surface area contributed by atoms with E-state index < -0.39 is 11.7 Å². The highest BCUT2D eigenvalue weighted by Crippen LogP contribution is 2.24. The van der Waals surface area contributed by atoms with Crippen molar-refractivity contribution in [3.8, 4) is 0 Å². The average molecular weight is 333 g/mol. The zero-order valence-corrected chi connectivity index (χ0v) is 13.7. The third kappa shape index (κ3) is 2.48. The van der Waals surface area contributed by atoms with Gasteiger partial charge in [-0.25, -0.2) is 9.59 Å². The Bertz CT molecular complexity index is 1180. The first-order valence-electron chi connectivity index (χ1n) is 7.84. The van der Waals surface area contributed by atoms with Crippen LogP contribution in [0, 0.1) is 13.8 Å². The quantitative estimate of drug-likeness (QED) is 0.574. The number of carbonyl (C=O) groups excluding carboxylic acids is 1. The van der Waals surface area contributed by atoms with Gasteiger partial charge in [-0.1, -0.05) is 36.4 Å². The number of carbonyl (C=O) groups is 1. The molecule has 1 N–H and O–H groups in total. The van der Waals surface area contributed by atoms with Crippen LogP contribution in [-0.4, -0.2) is 15.8 Å². The molecule has 0 aliphatic rings. The standard InChI is InChI=1S/C19H15N3O3/c1-11-10-16(23)25-18-17(11)12(2)21-22(18)19(24)20-15-9-5-7-13-6-3-4-8-14(13)15/h3-10H,1-2H3,(H,20,24). The molecule has 0 saturated carbocycles. The van der Waals surface area contributed by atoms with Gasteiger partial charge in [0.2, 0.25) is 5.71 Å². The lowest BCUT2D eigenvalue weighted by molar-refractivity contribution is 0.250. The van der Waals surface area contributed by atoms with Crippen LogP contribution in [0.4, 0.5) is 10.5 Å². The zero-order valence-electron chi connectivity index (χ0n) is 13.7. The lowest BCUT2D eigenvalue weighted by Crippen LogP contribution is -2.21. The molecule has 0 radical (unpaired) electrons. The third-order valence-electron chi connectivity index (χ3n) is 4.17. The molecule has 6 nitrogen and oxygen atoms in total. The van der Waals surface area contributed by atoms with Crippen molar-refractivity contribution in [3.05, 3.63) is 70.2 Å². The van der Waals surface area contributed by atoms with Crippen molar-refractivity contribution in [1.29, 1.82) is 0 Å².